The number of aryl methyl sites for hydroxylation is 2. The van der Waals surface area contributed by atoms with Crippen molar-refractivity contribution in [3.05, 3.63) is 59.4 Å². The molecule has 1 aromatic heterocycles. The van der Waals surface area contributed by atoms with Gasteiger partial charge in [-0.2, -0.15) is 0 Å². The highest BCUT2D eigenvalue weighted by atomic mass is 16.5. The number of nitrogens with one attached hydrogen (secondary N) is 1. The molecule has 1 unspecified atom stereocenters. The zero-order valence-corrected chi connectivity index (χ0v) is 16.4. The third-order valence-electron chi connectivity index (χ3n) is 4.64. The molecule has 1 heterocycles. The van der Waals surface area contributed by atoms with Gasteiger partial charge in [-0.25, -0.2) is 0 Å². The van der Waals surface area contributed by atoms with Gasteiger partial charge in [-0.1, -0.05) is 0 Å². The smallest absolute Gasteiger partial charge is 0.311 e. The van der Waals surface area contributed by atoms with Gasteiger partial charge in [-0.3, -0.25) is 9.59 Å². The summed E-state index contributed by atoms with van der Waals surface area (Å²) in [5.74, 6) is -0.199. The molecule has 0 bridgehead atoms. The van der Waals surface area contributed by atoms with Crippen LogP contribution in [-0.4, -0.2) is 25.1 Å². The molecule has 0 saturated heterocycles. The first-order valence-electron chi connectivity index (χ1n) is 8.99. The molecule has 3 rings (SSSR count). The number of anilines is 1. The van der Waals surface area contributed by atoms with Gasteiger partial charge in [-0.05, 0) is 68.3 Å². The fourth-order valence-electron chi connectivity index (χ4n) is 2.84. The Morgan fingerprint density at radius 3 is 2.46 bits per heavy atom. The Kier molecular flexibility index (Phi) is 5.68. The second-order valence-corrected chi connectivity index (χ2v) is 6.72. The lowest BCUT2D eigenvalue weighted by Crippen LogP contribution is -2.30. The number of furan rings is 1. The molecule has 0 aliphatic carbocycles. The van der Waals surface area contributed by atoms with Gasteiger partial charge in [0.1, 0.15) is 11.3 Å². The summed E-state index contributed by atoms with van der Waals surface area (Å²) in [6, 6.07) is 10.8. The zero-order chi connectivity index (χ0) is 20.3. The number of hydrogen-bond donors (Lipinski definition) is 1. The molecule has 1 atom stereocenters. The van der Waals surface area contributed by atoms with Crippen molar-refractivity contribution in [2.24, 2.45) is 0 Å². The van der Waals surface area contributed by atoms with Crippen LogP contribution in [0.15, 0.2) is 47.1 Å². The Bertz CT molecular complexity index is 1000. The van der Waals surface area contributed by atoms with E-state index < -0.39 is 18.0 Å². The van der Waals surface area contributed by atoms with Gasteiger partial charge < -0.3 is 19.2 Å². The summed E-state index contributed by atoms with van der Waals surface area (Å²) in [4.78, 5) is 24.6. The summed E-state index contributed by atoms with van der Waals surface area (Å²) in [6.45, 7) is 5.56. The lowest BCUT2D eigenvalue weighted by atomic mass is 10.0. The number of esters is 1. The Balaban J connectivity index is 1.60. The number of carbonyl (C=O) groups excluding carboxylic acids is 2. The number of carbonyl (C=O) groups is 2. The quantitative estimate of drug-likeness (QED) is 0.649. The molecule has 0 saturated carbocycles. The van der Waals surface area contributed by atoms with Gasteiger partial charge in [0.2, 0.25) is 0 Å². The van der Waals surface area contributed by atoms with E-state index in [1.165, 1.54) is 6.92 Å². The van der Waals surface area contributed by atoms with E-state index in [1.54, 1.807) is 37.6 Å². The van der Waals surface area contributed by atoms with Gasteiger partial charge in [0.05, 0.1) is 19.8 Å². The van der Waals surface area contributed by atoms with Crippen molar-refractivity contribution in [3.8, 4) is 5.75 Å². The van der Waals surface area contributed by atoms with Crippen LogP contribution in [0.1, 0.15) is 23.6 Å². The maximum atomic E-state index is 12.3. The van der Waals surface area contributed by atoms with Crippen LogP contribution in [0.2, 0.25) is 0 Å². The van der Waals surface area contributed by atoms with Crippen molar-refractivity contribution < 1.29 is 23.5 Å². The van der Waals surface area contributed by atoms with Gasteiger partial charge in [-0.15, -0.1) is 0 Å². The van der Waals surface area contributed by atoms with Crippen LogP contribution >= 0.6 is 0 Å². The minimum absolute atomic E-state index is 0.0374. The minimum atomic E-state index is -0.920. The molecular formula is C22H23NO5. The highest BCUT2D eigenvalue weighted by Crippen LogP contribution is 2.25. The third-order valence-corrected chi connectivity index (χ3v) is 4.64. The first-order valence-corrected chi connectivity index (χ1v) is 8.99. The normalized spacial score (nSPS) is 11.9. The van der Waals surface area contributed by atoms with Crippen molar-refractivity contribution in [2.45, 2.75) is 33.3 Å². The molecule has 0 aliphatic rings. The molecular weight excluding hydrogens is 358 g/mol. The summed E-state index contributed by atoms with van der Waals surface area (Å²) in [5.41, 5.74) is 4.32. The van der Waals surface area contributed by atoms with Crippen molar-refractivity contribution in [1.82, 2.24) is 0 Å². The zero-order valence-electron chi connectivity index (χ0n) is 16.4. The number of rotatable bonds is 6. The monoisotopic (exact) mass is 381 g/mol. The van der Waals surface area contributed by atoms with Crippen LogP contribution in [-0.2, 0) is 20.7 Å². The van der Waals surface area contributed by atoms with E-state index in [4.69, 9.17) is 13.9 Å². The topological polar surface area (TPSA) is 77.8 Å². The van der Waals surface area contributed by atoms with E-state index in [0.717, 1.165) is 27.7 Å². The molecule has 0 aliphatic heterocycles. The van der Waals surface area contributed by atoms with Crippen LogP contribution in [0.25, 0.3) is 11.0 Å². The van der Waals surface area contributed by atoms with Crippen molar-refractivity contribution in [2.75, 3.05) is 12.4 Å². The predicted octanol–water partition coefficient (Wildman–Crippen LogP) is 4.17. The van der Waals surface area contributed by atoms with Crippen molar-refractivity contribution >= 4 is 28.5 Å². The van der Waals surface area contributed by atoms with E-state index in [-0.39, 0.29) is 6.42 Å². The predicted molar refractivity (Wildman–Crippen MR) is 107 cm³/mol. The largest absolute Gasteiger partial charge is 0.497 e. The number of hydrogen-bond acceptors (Lipinski definition) is 5. The second kappa shape index (κ2) is 8.17. The molecule has 3 aromatic rings. The van der Waals surface area contributed by atoms with E-state index in [0.29, 0.717) is 11.4 Å². The van der Waals surface area contributed by atoms with E-state index in [2.05, 4.69) is 5.32 Å². The summed E-state index contributed by atoms with van der Waals surface area (Å²) < 4.78 is 15.9. The summed E-state index contributed by atoms with van der Waals surface area (Å²) in [5, 5.41) is 3.59. The van der Waals surface area contributed by atoms with Crippen LogP contribution in [0.3, 0.4) is 0 Å². The number of benzene rings is 2. The Labute approximate surface area is 163 Å². The molecule has 1 amide bonds. The Morgan fingerprint density at radius 2 is 1.79 bits per heavy atom. The molecule has 28 heavy (non-hydrogen) atoms. The molecule has 0 fully saturated rings. The minimum Gasteiger partial charge on any atom is -0.497 e. The van der Waals surface area contributed by atoms with Gasteiger partial charge in [0, 0.05) is 16.6 Å². The Hall–Kier alpha value is -3.28. The fourth-order valence-corrected chi connectivity index (χ4v) is 2.84. The van der Waals surface area contributed by atoms with Crippen LogP contribution < -0.4 is 10.1 Å². The first-order chi connectivity index (χ1) is 13.4. The van der Waals surface area contributed by atoms with E-state index in [9.17, 15) is 9.59 Å². The number of amides is 1. The van der Waals surface area contributed by atoms with Crippen LogP contribution in [0, 0.1) is 13.8 Å². The average Bonchev–Trinajstić information content (AvgIpc) is 3.04. The molecule has 6 heteroatoms. The maximum absolute atomic E-state index is 12.3. The second-order valence-electron chi connectivity index (χ2n) is 6.72. The number of fused-ring (bicyclic) bond motifs is 1. The van der Waals surface area contributed by atoms with Gasteiger partial charge in [0.15, 0.2) is 6.10 Å². The lowest BCUT2D eigenvalue weighted by molar-refractivity contribution is -0.152. The first kappa shape index (κ1) is 19.5. The Morgan fingerprint density at radius 1 is 1.11 bits per heavy atom. The highest BCUT2D eigenvalue weighted by Gasteiger charge is 2.20. The van der Waals surface area contributed by atoms with Crippen LogP contribution in [0.4, 0.5) is 5.69 Å². The standard InChI is InChI=1S/C22H23NO5/c1-13-9-19-16(12-27-20(19)10-14(13)2)11-21(24)28-15(3)22(25)23-17-5-7-18(26-4)8-6-17/h5-10,12,15H,11H2,1-4H3,(H,23,25). The summed E-state index contributed by atoms with van der Waals surface area (Å²) >= 11 is 0. The maximum Gasteiger partial charge on any atom is 0.311 e. The molecule has 6 nitrogen and oxygen atoms in total. The summed E-state index contributed by atoms with van der Waals surface area (Å²) in [7, 11) is 1.57. The van der Waals surface area contributed by atoms with E-state index in [1.807, 2.05) is 26.0 Å². The van der Waals surface area contributed by atoms with Crippen molar-refractivity contribution in [1.29, 1.82) is 0 Å². The third kappa shape index (κ3) is 4.34. The molecule has 0 radical (unpaired) electrons. The SMILES string of the molecule is COc1ccc(NC(=O)C(C)OC(=O)Cc2coc3cc(C)c(C)cc23)cc1. The highest BCUT2D eigenvalue weighted by molar-refractivity contribution is 5.95. The molecule has 0 spiro atoms. The van der Waals surface area contributed by atoms with Gasteiger partial charge >= 0.3 is 5.97 Å². The summed E-state index contributed by atoms with van der Waals surface area (Å²) in [6.07, 6.45) is 0.680. The van der Waals surface area contributed by atoms with Gasteiger partial charge in [0.25, 0.3) is 5.91 Å². The average molecular weight is 381 g/mol. The lowest BCUT2D eigenvalue weighted by Gasteiger charge is -2.13. The van der Waals surface area contributed by atoms with Crippen LogP contribution in [0.5, 0.6) is 5.75 Å². The molecule has 2 aromatic carbocycles. The molecule has 146 valence electrons. The van der Waals surface area contributed by atoms with E-state index >= 15 is 0 Å². The fraction of sp³-hybridized carbons (Fsp3) is 0.273. The molecule has 1 N–H and O–H groups in total. The number of methoxy groups -OCH3 is 1. The van der Waals surface area contributed by atoms with Crippen molar-refractivity contribution in [3.63, 3.8) is 0 Å². The number of ether oxygens (including phenoxy) is 2.